The molecule has 0 radical (unpaired) electrons. The van der Waals surface area contributed by atoms with Crippen molar-refractivity contribution in [2.75, 3.05) is 5.32 Å². The summed E-state index contributed by atoms with van der Waals surface area (Å²) in [5.74, 6) is -0.961. The molecule has 2 amide bonds. The lowest BCUT2D eigenvalue weighted by molar-refractivity contribution is -0.141. The van der Waals surface area contributed by atoms with Gasteiger partial charge >= 0.3 is 12.0 Å². The first-order valence-electron chi connectivity index (χ1n) is 7.28. The Bertz CT molecular complexity index is 520. The van der Waals surface area contributed by atoms with Gasteiger partial charge in [0, 0.05) is 13.2 Å². The largest absolute Gasteiger partial charge is 0.480 e. The highest BCUT2D eigenvalue weighted by Crippen LogP contribution is 2.26. The van der Waals surface area contributed by atoms with Crippen LogP contribution in [0, 0.1) is 12.8 Å². The molecule has 0 aliphatic heterocycles. The molecular weight excluding hydrogens is 272 g/mol. The van der Waals surface area contributed by atoms with Crippen LogP contribution in [0.1, 0.15) is 37.8 Å². The van der Waals surface area contributed by atoms with Gasteiger partial charge in [-0.3, -0.25) is 4.68 Å². The normalized spacial score (nSPS) is 17.2. The summed E-state index contributed by atoms with van der Waals surface area (Å²) in [5.41, 5.74) is 1.28. The van der Waals surface area contributed by atoms with Crippen molar-refractivity contribution in [2.24, 2.45) is 13.0 Å². The molecule has 3 N–H and O–H groups in total. The zero-order chi connectivity index (χ0) is 15.4. The van der Waals surface area contributed by atoms with Crippen molar-refractivity contribution >= 4 is 17.7 Å². The molecule has 1 fully saturated rings. The SMILES string of the molecule is Cc1nn(C)cc1NC(=O)NC(C(=O)O)C1CCCCC1. The lowest BCUT2D eigenvalue weighted by Gasteiger charge is -2.27. The number of aromatic nitrogens is 2. The highest BCUT2D eigenvalue weighted by Gasteiger charge is 2.30. The number of rotatable bonds is 4. The molecule has 1 aromatic heterocycles. The zero-order valence-corrected chi connectivity index (χ0v) is 12.4. The number of anilines is 1. The van der Waals surface area contributed by atoms with E-state index >= 15 is 0 Å². The van der Waals surface area contributed by atoms with Crippen molar-refractivity contribution in [3.05, 3.63) is 11.9 Å². The van der Waals surface area contributed by atoms with Crippen molar-refractivity contribution in [3.63, 3.8) is 0 Å². The van der Waals surface area contributed by atoms with Gasteiger partial charge in [-0.05, 0) is 25.7 Å². The van der Waals surface area contributed by atoms with Gasteiger partial charge in [-0.15, -0.1) is 0 Å². The fraction of sp³-hybridized carbons (Fsp3) is 0.643. The molecule has 2 rings (SSSR count). The average molecular weight is 294 g/mol. The molecule has 1 atom stereocenters. The third kappa shape index (κ3) is 3.96. The van der Waals surface area contributed by atoms with Gasteiger partial charge in [-0.2, -0.15) is 5.10 Å². The van der Waals surface area contributed by atoms with E-state index in [0.29, 0.717) is 11.4 Å². The Morgan fingerprint density at radius 2 is 2.05 bits per heavy atom. The van der Waals surface area contributed by atoms with Crippen LogP contribution in [-0.2, 0) is 11.8 Å². The number of urea groups is 1. The molecule has 0 saturated heterocycles. The molecule has 1 heterocycles. The molecule has 1 saturated carbocycles. The topological polar surface area (TPSA) is 96.3 Å². The number of hydrogen-bond acceptors (Lipinski definition) is 3. The van der Waals surface area contributed by atoms with E-state index in [-0.39, 0.29) is 5.92 Å². The molecule has 0 spiro atoms. The fourth-order valence-electron chi connectivity index (χ4n) is 2.87. The second kappa shape index (κ2) is 6.60. The minimum atomic E-state index is -0.972. The maximum atomic E-state index is 12.0. The van der Waals surface area contributed by atoms with Crippen molar-refractivity contribution in [1.82, 2.24) is 15.1 Å². The molecule has 0 aromatic carbocycles. The first kappa shape index (κ1) is 15.3. The third-order valence-electron chi connectivity index (χ3n) is 3.94. The van der Waals surface area contributed by atoms with Crippen molar-refractivity contribution in [3.8, 4) is 0 Å². The molecule has 0 bridgehead atoms. The maximum Gasteiger partial charge on any atom is 0.326 e. The van der Waals surface area contributed by atoms with Crippen LogP contribution in [-0.4, -0.2) is 32.9 Å². The first-order valence-corrected chi connectivity index (χ1v) is 7.28. The van der Waals surface area contributed by atoms with Crippen LogP contribution in [0.4, 0.5) is 10.5 Å². The Labute approximate surface area is 123 Å². The first-order chi connectivity index (χ1) is 9.97. The third-order valence-corrected chi connectivity index (χ3v) is 3.94. The Morgan fingerprint density at radius 3 is 2.57 bits per heavy atom. The summed E-state index contributed by atoms with van der Waals surface area (Å²) in [5, 5.41) is 18.7. The van der Waals surface area contributed by atoms with Crippen LogP contribution in [0.3, 0.4) is 0 Å². The van der Waals surface area contributed by atoms with Crippen molar-refractivity contribution in [1.29, 1.82) is 0 Å². The Kier molecular flexibility index (Phi) is 4.82. The summed E-state index contributed by atoms with van der Waals surface area (Å²) in [6.45, 7) is 1.78. The Hall–Kier alpha value is -2.05. The fourth-order valence-corrected chi connectivity index (χ4v) is 2.87. The summed E-state index contributed by atoms with van der Waals surface area (Å²) in [7, 11) is 1.76. The van der Waals surface area contributed by atoms with E-state index in [1.165, 1.54) is 0 Å². The lowest BCUT2D eigenvalue weighted by Crippen LogP contribution is -2.48. The molecule has 21 heavy (non-hydrogen) atoms. The van der Waals surface area contributed by atoms with Crippen LogP contribution >= 0.6 is 0 Å². The Balaban J connectivity index is 1.98. The van der Waals surface area contributed by atoms with Gasteiger partial charge in [0.15, 0.2) is 0 Å². The Morgan fingerprint density at radius 1 is 1.38 bits per heavy atom. The molecule has 116 valence electrons. The van der Waals surface area contributed by atoms with E-state index < -0.39 is 18.0 Å². The second-order valence-electron chi connectivity index (χ2n) is 5.61. The summed E-state index contributed by atoms with van der Waals surface area (Å²) in [6.07, 6.45) is 6.58. The molecule has 7 nitrogen and oxygen atoms in total. The van der Waals surface area contributed by atoms with E-state index in [9.17, 15) is 14.7 Å². The zero-order valence-electron chi connectivity index (χ0n) is 12.4. The molecular formula is C14H22N4O3. The predicted molar refractivity (Wildman–Crippen MR) is 78.1 cm³/mol. The maximum absolute atomic E-state index is 12.0. The van der Waals surface area contributed by atoms with E-state index in [0.717, 1.165) is 32.1 Å². The van der Waals surface area contributed by atoms with Gasteiger partial charge < -0.3 is 15.7 Å². The van der Waals surface area contributed by atoms with Gasteiger partial charge in [-0.25, -0.2) is 9.59 Å². The summed E-state index contributed by atoms with van der Waals surface area (Å²) in [4.78, 5) is 23.4. The van der Waals surface area contributed by atoms with Gasteiger partial charge in [0.1, 0.15) is 6.04 Å². The van der Waals surface area contributed by atoms with Crippen LogP contribution in [0.15, 0.2) is 6.20 Å². The summed E-state index contributed by atoms with van der Waals surface area (Å²) < 4.78 is 1.60. The van der Waals surface area contributed by atoms with Gasteiger partial charge in [0.2, 0.25) is 0 Å². The minimum Gasteiger partial charge on any atom is -0.480 e. The predicted octanol–water partition coefficient (Wildman–Crippen LogP) is 1.88. The van der Waals surface area contributed by atoms with Crippen molar-refractivity contribution in [2.45, 2.75) is 45.1 Å². The number of amides is 2. The molecule has 1 aliphatic carbocycles. The van der Waals surface area contributed by atoms with Crippen molar-refractivity contribution < 1.29 is 14.7 Å². The van der Waals surface area contributed by atoms with Crippen LogP contribution in [0.5, 0.6) is 0 Å². The highest BCUT2D eigenvalue weighted by molar-refractivity contribution is 5.92. The monoisotopic (exact) mass is 294 g/mol. The number of aliphatic carboxylic acids is 1. The summed E-state index contributed by atoms with van der Waals surface area (Å²) in [6, 6.07) is -1.33. The second-order valence-corrected chi connectivity index (χ2v) is 5.61. The number of carbonyl (C=O) groups is 2. The van der Waals surface area contributed by atoms with Gasteiger partial charge in [0.25, 0.3) is 0 Å². The van der Waals surface area contributed by atoms with E-state index in [1.54, 1.807) is 24.9 Å². The van der Waals surface area contributed by atoms with E-state index in [2.05, 4.69) is 15.7 Å². The van der Waals surface area contributed by atoms with Crippen LogP contribution in [0.2, 0.25) is 0 Å². The number of nitrogens with zero attached hydrogens (tertiary/aromatic N) is 2. The smallest absolute Gasteiger partial charge is 0.326 e. The van der Waals surface area contributed by atoms with E-state index in [1.807, 2.05) is 0 Å². The number of carboxylic acid groups (broad SMARTS) is 1. The number of carboxylic acids is 1. The van der Waals surface area contributed by atoms with Crippen LogP contribution in [0.25, 0.3) is 0 Å². The number of hydrogen-bond donors (Lipinski definition) is 3. The molecule has 7 heteroatoms. The van der Waals surface area contributed by atoms with E-state index in [4.69, 9.17) is 0 Å². The highest BCUT2D eigenvalue weighted by atomic mass is 16.4. The van der Waals surface area contributed by atoms with Gasteiger partial charge in [0.05, 0.1) is 11.4 Å². The minimum absolute atomic E-state index is 0.0111. The average Bonchev–Trinajstić information content (AvgIpc) is 2.75. The number of carbonyl (C=O) groups excluding carboxylic acids is 1. The van der Waals surface area contributed by atoms with Crippen LogP contribution < -0.4 is 10.6 Å². The van der Waals surface area contributed by atoms with Gasteiger partial charge in [-0.1, -0.05) is 19.3 Å². The lowest BCUT2D eigenvalue weighted by atomic mass is 9.84. The molecule has 1 aliphatic rings. The molecule has 1 unspecified atom stereocenters. The molecule has 1 aromatic rings. The number of aryl methyl sites for hydroxylation is 2. The standard InChI is InChI=1S/C14H22N4O3/c1-9-11(8-18(2)17-9)15-14(21)16-12(13(19)20)10-6-4-3-5-7-10/h8,10,12H,3-7H2,1-2H3,(H,19,20)(H2,15,16,21). The number of nitrogens with one attached hydrogen (secondary N) is 2. The quantitative estimate of drug-likeness (QED) is 0.790. The summed E-state index contributed by atoms with van der Waals surface area (Å²) >= 11 is 0.